The molecule has 0 unspecified atom stereocenters. The number of hydrogen-bond acceptors (Lipinski definition) is 13. The van der Waals surface area contributed by atoms with Gasteiger partial charge in [-0.05, 0) is 88.1 Å². The molecule has 3 aromatic heterocycles. The number of nitrogen functional groups attached to an aromatic ring is 1. The number of anilines is 2. The molecule has 0 fully saturated rings. The van der Waals surface area contributed by atoms with Gasteiger partial charge < -0.3 is 20.7 Å². The van der Waals surface area contributed by atoms with Crippen molar-refractivity contribution in [3.05, 3.63) is 124 Å². The van der Waals surface area contributed by atoms with Crippen LogP contribution in [0.4, 0.5) is 11.6 Å². The monoisotopic (exact) mass is 793 g/mol. The van der Waals surface area contributed by atoms with E-state index in [2.05, 4.69) is 119 Å². The standard InChI is InChI=1S/C23H26NOS.C14H11ClN6O2.ClHO4/c1-17-21(25-16-15-24(3)4)18(2)23(20-13-9-6-10-14-20)26-22(17)19-11-7-5-8-12-19;15-11(22)7-1-3-8(4-2-7)17-5-9-6-18-12-10(19-9)13(23)21-14(16)20-12;2-1(3,4)5/h5-14H,15-16H2,1-4H3;1-4,6,17H,5H2,(H3,16,18,20,21,23);(H,2,3,4,5)/q+1;;/p-1. The van der Waals surface area contributed by atoms with Crippen LogP contribution in [-0.2, 0) is 6.54 Å². The molecular formula is C37H37Cl2N7O7S. The topological polar surface area (TPSA) is 231 Å². The summed E-state index contributed by atoms with van der Waals surface area (Å²) in [6.45, 7) is 6.28. The van der Waals surface area contributed by atoms with Gasteiger partial charge in [0.2, 0.25) is 27.0 Å². The number of nitrogens with one attached hydrogen (secondary N) is 2. The first-order valence-electron chi connectivity index (χ1n) is 16.1. The fourth-order valence-electron chi connectivity index (χ4n) is 4.99. The van der Waals surface area contributed by atoms with E-state index in [1.54, 1.807) is 24.3 Å². The fraction of sp³-hybridized carbons (Fsp3) is 0.189. The SMILES string of the molecule is Cc1c(-c2ccccc2)[s+]c(-c2ccccc2)c(C)c1OCCN(C)C.Nc1nc2ncc(CNc3ccc(C(=O)Cl)cc3)nc2c(=O)[nH]1.[O-][Cl+3]([O-])([O-])[O-]. The Morgan fingerprint density at radius 3 is 1.94 bits per heavy atom. The molecule has 4 N–H and O–H groups in total. The van der Waals surface area contributed by atoms with Crippen LogP contribution >= 0.6 is 22.9 Å². The number of nitrogens with zero attached hydrogens (tertiary/aromatic N) is 4. The lowest BCUT2D eigenvalue weighted by Gasteiger charge is -2.17. The molecule has 282 valence electrons. The molecule has 0 saturated carbocycles. The summed E-state index contributed by atoms with van der Waals surface area (Å²) in [6, 6.07) is 27.9. The number of hydrogen-bond donors (Lipinski definition) is 3. The maximum absolute atomic E-state index is 11.8. The predicted molar refractivity (Wildman–Crippen MR) is 199 cm³/mol. The van der Waals surface area contributed by atoms with Gasteiger partial charge >= 0.3 is 0 Å². The van der Waals surface area contributed by atoms with Gasteiger partial charge in [0.15, 0.2) is 11.2 Å². The van der Waals surface area contributed by atoms with Gasteiger partial charge in [0.05, 0.1) is 29.6 Å². The van der Waals surface area contributed by atoms with Crippen molar-refractivity contribution in [2.24, 2.45) is 0 Å². The number of benzene rings is 3. The number of halogens is 2. The van der Waals surface area contributed by atoms with Gasteiger partial charge in [0, 0.05) is 28.9 Å². The van der Waals surface area contributed by atoms with Gasteiger partial charge in [-0.3, -0.25) is 14.6 Å². The van der Waals surface area contributed by atoms with Gasteiger partial charge in [-0.15, -0.1) is 10.2 Å². The van der Waals surface area contributed by atoms with Crippen molar-refractivity contribution in [1.29, 1.82) is 0 Å². The van der Waals surface area contributed by atoms with Crippen molar-refractivity contribution in [3.63, 3.8) is 0 Å². The highest BCUT2D eigenvalue weighted by Crippen LogP contribution is 2.43. The molecule has 54 heavy (non-hydrogen) atoms. The van der Waals surface area contributed by atoms with E-state index < -0.39 is 21.0 Å². The lowest BCUT2D eigenvalue weighted by Crippen LogP contribution is -2.68. The number of rotatable bonds is 10. The number of fused-ring (bicyclic) bond motifs is 1. The Kier molecular flexibility index (Phi) is 14.9. The molecule has 0 saturated heterocycles. The van der Waals surface area contributed by atoms with Crippen LogP contribution in [0.3, 0.4) is 0 Å². The highest BCUT2D eigenvalue weighted by molar-refractivity contribution is 7.18. The van der Waals surface area contributed by atoms with Gasteiger partial charge in [0.1, 0.15) is 12.4 Å². The summed E-state index contributed by atoms with van der Waals surface area (Å²) in [7, 11) is -0.804. The van der Waals surface area contributed by atoms with E-state index >= 15 is 0 Å². The molecule has 3 aromatic carbocycles. The number of aromatic nitrogens is 4. The molecule has 0 bridgehead atoms. The van der Waals surface area contributed by atoms with Crippen LogP contribution in [0.2, 0.25) is 0 Å². The maximum Gasteiger partial charge on any atom is 0.280 e. The zero-order valence-electron chi connectivity index (χ0n) is 29.7. The molecule has 0 aliphatic carbocycles. The highest BCUT2D eigenvalue weighted by Gasteiger charge is 2.27. The Morgan fingerprint density at radius 1 is 0.907 bits per heavy atom. The summed E-state index contributed by atoms with van der Waals surface area (Å²) in [5.41, 5.74) is 12.0. The van der Waals surface area contributed by atoms with Crippen molar-refractivity contribution in [1.82, 2.24) is 24.8 Å². The summed E-state index contributed by atoms with van der Waals surface area (Å²) >= 11 is 7.23. The van der Waals surface area contributed by atoms with E-state index in [9.17, 15) is 9.59 Å². The Labute approximate surface area is 322 Å². The molecular weight excluding hydrogens is 757 g/mol. The van der Waals surface area contributed by atoms with E-state index in [-0.39, 0.29) is 17.1 Å². The molecule has 14 nitrogen and oxygen atoms in total. The molecule has 0 atom stereocenters. The van der Waals surface area contributed by atoms with E-state index in [0.717, 1.165) is 18.0 Å². The van der Waals surface area contributed by atoms with Crippen molar-refractivity contribution in [3.8, 4) is 26.6 Å². The average Bonchev–Trinajstić information content (AvgIpc) is 3.12. The largest absolute Gasteiger partial charge is 0.491 e. The van der Waals surface area contributed by atoms with Crippen LogP contribution in [0.1, 0.15) is 27.2 Å². The quantitative estimate of drug-likeness (QED) is 0.134. The summed E-state index contributed by atoms with van der Waals surface area (Å²) < 4.78 is 40.2. The second-order valence-electron chi connectivity index (χ2n) is 11.8. The van der Waals surface area contributed by atoms with E-state index in [4.69, 9.17) is 40.7 Å². The lowest BCUT2D eigenvalue weighted by molar-refractivity contribution is -2.00. The molecule has 0 radical (unpaired) electrons. The Morgan fingerprint density at radius 2 is 1.44 bits per heavy atom. The van der Waals surface area contributed by atoms with Crippen LogP contribution in [0.15, 0.2) is 95.9 Å². The third-order valence-electron chi connectivity index (χ3n) is 7.49. The molecule has 3 heterocycles. The first-order valence-corrected chi connectivity index (χ1v) is 18.6. The van der Waals surface area contributed by atoms with Gasteiger partial charge in [-0.1, -0.05) is 36.4 Å². The van der Waals surface area contributed by atoms with Crippen LogP contribution in [0.25, 0.3) is 32.0 Å². The minimum Gasteiger partial charge on any atom is -0.491 e. The Bertz CT molecular complexity index is 2150. The fourth-order valence-corrected chi connectivity index (χ4v) is 6.32. The minimum atomic E-state index is -4.94. The van der Waals surface area contributed by atoms with Crippen LogP contribution in [0, 0.1) is 24.1 Å². The predicted octanol–water partition coefficient (Wildman–Crippen LogP) is 2.45. The molecule has 6 rings (SSSR count). The number of carbonyl (C=O) groups is 1. The second-order valence-corrected chi connectivity index (χ2v) is 13.9. The molecule has 0 amide bonds. The summed E-state index contributed by atoms with van der Waals surface area (Å²) in [4.78, 5) is 42.0. The lowest BCUT2D eigenvalue weighted by atomic mass is 10.0. The first-order chi connectivity index (χ1) is 25.6. The van der Waals surface area contributed by atoms with E-state index in [1.165, 1.54) is 38.2 Å². The summed E-state index contributed by atoms with van der Waals surface area (Å²) in [6.07, 6.45) is 1.51. The number of H-pyrrole nitrogens is 1. The van der Waals surface area contributed by atoms with Crippen molar-refractivity contribution < 1.29 is 38.4 Å². The van der Waals surface area contributed by atoms with Crippen LogP contribution in [-0.4, -0.2) is 57.3 Å². The average molecular weight is 795 g/mol. The minimum absolute atomic E-state index is 0.00314. The Hall–Kier alpha value is -5.10. The second kappa shape index (κ2) is 19.3. The summed E-state index contributed by atoms with van der Waals surface area (Å²) in [5.74, 6) is 1.01. The molecule has 0 aliphatic rings. The molecule has 0 spiro atoms. The first kappa shape index (κ1) is 41.7. The number of aromatic amines is 1. The van der Waals surface area contributed by atoms with Crippen molar-refractivity contribution in [2.75, 3.05) is 38.3 Å². The zero-order valence-corrected chi connectivity index (χ0v) is 32.0. The zero-order chi connectivity index (χ0) is 39.4. The van der Waals surface area contributed by atoms with Gasteiger partial charge in [-0.25, -0.2) is 28.6 Å². The van der Waals surface area contributed by atoms with Gasteiger partial charge in [-0.2, -0.15) is 4.98 Å². The molecule has 17 heteroatoms. The van der Waals surface area contributed by atoms with Crippen molar-refractivity contribution >= 4 is 51.0 Å². The maximum atomic E-state index is 11.8. The van der Waals surface area contributed by atoms with Gasteiger partial charge in [0.25, 0.3) is 10.8 Å². The van der Waals surface area contributed by atoms with Crippen LogP contribution in [0.5, 0.6) is 5.75 Å². The van der Waals surface area contributed by atoms with E-state index in [0.29, 0.717) is 24.4 Å². The van der Waals surface area contributed by atoms with Crippen molar-refractivity contribution in [2.45, 2.75) is 20.4 Å². The molecule has 0 aliphatic heterocycles. The number of carbonyl (C=O) groups excluding carboxylic acids is 1. The summed E-state index contributed by atoms with van der Waals surface area (Å²) in [5, 5.41) is 2.60. The third-order valence-corrected chi connectivity index (χ3v) is 9.21. The highest BCUT2D eigenvalue weighted by atomic mass is 35.7. The smallest absolute Gasteiger partial charge is 0.280 e. The normalized spacial score (nSPS) is 10.9. The van der Waals surface area contributed by atoms with Crippen LogP contribution < -0.4 is 40.0 Å². The number of ether oxygens (including phenoxy) is 1. The molecule has 6 aromatic rings. The van der Waals surface area contributed by atoms with E-state index in [1.807, 2.05) is 11.3 Å². The third kappa shape index (κ3) is 12.5. The Balaban J connectivity index is 0.000000215. The number of likely N-dealkylation sites (N-methyl/N-ethyl adjacent to an activating group) is 1. The number of nitrogens with two attached hydrogens (primary N) is 1.